The van der Waals surface area contributed by atoms with E-state index >= 15 is 0 Å². The summed E-state index contributed by atoms with van der Waals surface area (Å²) < 4.78 is 12.8. The predicted octanol–water partition coefficient (Wildman–Crippen LogP) is 8.29. The lowest BCUT2D eigenvalue weighted by atomic mass is 9.78. The molecule has 3 aromatic rings. The van der Waals surface area contributed by atoms with E-state index in [1.165, 1.54) is 7.11 Å². The van der Waals surface area contributed by atoms with Crippen LogP contribution in [0.2, 0.25) is 5.02 Å². The van der Waals surface area contributed by atoms with Crippen molar-refractivity contribution in [3.05, 3.63) is 69.2 Å². The maximum Gasteiger partial charge on any atom is 0.339 e. The molecule has 3 nitrogen and oxygen atoms in total. The van der Waals surface area contributed by atoms with Crippen molar-refractivity contribution in [2.24, 2.45) is 5.41 Å². The van der Waals surface area contributed by atoms with Gasteiger partial charge in [0.1, 0.15) is 0 Å². The number of fused-ring (bicyclic) bond motifs is 1. The molecule has 1 unspecified atom stereocenters. The molecule has 0 bridgehead atoms. The zero-order valence-electron chi connectivity index (χ0n) is 19.7. The van der Waals surface area contributed by atoms with E-state index in [9.17, 15) is 4.79 Å². The molecule has 0 aliphatic heterocycles. The van der Waals surface area contributed by atoms with Crippen LogP contribution in [0.1, 0.15) is 51.8 Å². The first-order valence-electron chi connectivity index (χ1n) is 10.6. The van der Waals surface area contributed by atoms with Crippen LogP contribution in [0.3, 0.4) is 0 Å². The summed E-state index contributed by atoms with van der Waals surface area (Å²) in [5.41, 5.74) is 2.83. The molecule has 1 atom stereocenters. The minimum atomic E-state index is -0.902. The summed E-state index contributed by atoms with van der Waals surface area (Å²) in [7, 11) is 1.40. The van der Waals surface area contributed by atoms with Crippen LogP contribution in [0.25, 0.3) is 21.9 Å². The van der Waals surface area contributed by atoms with Gasteiger partial charge >= 0.3 is 5.97 Å². The summed E-state index contributed by atoms with van der Waals surface area (Å²) in [5, 5.41) is 2.74. The number of methoxy groups -OCH3 is 1. The minimum Gasteiger partial charge on any atom is -0.467 e. The zero-order chi connectivity index (χ0) is 23.8. The van der Waals surface area contributed by atoms with Gasteiger partial charge in [-0.25, -0.2) is 4.79 Å². The van der Waals surface area contributed by atoms with E-state index in [4.69, 9.17) is 21.1 Å². The van der Waals surface area contributed by atoms with Gasteiger partial charge < -0.3 is 9.47 Å². The van der Waals surface area contributed by atoms with Gasteiger partial charge in [-0.15, -0.1) is 0 Å². The van der Waals surface area contributed by atoms with E-state index in [0.29, 0.717) is 5.02 Å². The third kappa shape index (κ3) is 4.59. The fraction of sp³-hybridized carbons (Fsp3) is 0.370. The molecule has 0 aliphatic rings. The molecule has 3 aromatic carbocycles. The average molecular weight is 518 g/mol. The first kappa shape index (κ1) is 24.8. The fourth-order valence-electron chi connectivity index (χ4n) is 3.60. The maximum atomic E-state index is 13.2. The number of benzene rings is 3. The van der Waals surface area contributed by atoms with Gasteiger partial charge in [-0.1, -0.05) is 68.8 Å². The number of hydrogen-bond donors (Lipinski definition) is 0. The van der Waals surface area contributed by atoms with Gasteiger partial charge in [0.05, 0.1) is 12.7 Å². The molecule has 0 spiro atoms. The number of carbonyl (C=O) groups excluding carboxylic acids is 1. The molecule has 3 rings (SSSR count). The Kier molecular flexibility index (Phi) is 7.09. The van der Waals surface area contributed by atoms with E-state index in [1.807, 2.05) is 57.2 Å². The molecule has 0 fully saturated rings. The molecule has 5 heteroatoms. The average Bonchev–Trinajstić information content (AvgIpc) is 2.74. The standard InChI is InChI=1S/C27H30BrClO3/c1-16-21(24(25(30)31-7)32-27(5,6)26(2,3)4)22(17-12-14-18(29)15-13-17)19-10-8-9-11-20(19)23(16)28/h8-15,24H,1-7H3. The highest BCUT2D eigenvalue weighted by atomic mass is 79.9. The second kappa shape index (κ2) is 9.17. The lowest BCUT2D eigenvalue weighted by Gasteiger charge is -2.41. The van der Waals surface area contributed by atoms with Crippen molar-refractivity contribution in [3.8, 4) is 11.1 Å². The Hall–Kier alpha value is -1.88. The van der Waals surface area contributed by atoms with E-state index in [1.54, 1.807) is 0 Å². The smallest absolute Gasteiger partial charge is 0.339 e. The van der Waals surface area contributed by atoms with E-state index in [0.717, 1.165) is 37.5 Å². The normalized spacial score (nSPS) is 13.3. The van der Waals surface area contributed by atoms with Crippen LogP contribution < -0.4 is 0 Å². The van der Waals surface area contributed by atoms with Crippen molar-refractivity contribution >= 4 is 44.3 Å². The third-order valence-electron chi connectivity index (χ3n) is 6.46. The molecule has 0 saturated carbocycles. The zero-order valence-corrected chi connectivity index (χ0v) is 22.0. The number of halogens is 2. The van der Waals surface area contributed by atoms with E-state index in [2.05, 4.69) is 48.8 Å². The Morgan fingerprint density at radius 1 is 0.969 bits per heavy atom. The summed E-state index contributed by atoms with van der Waals surface area (Å²) in [5.74, 6) is -0.428. The summed E-state index contributed by atoms with van der Waals surface area (Å²) in [6.45, 7) is 12.3. The van der Waals surface area contributed by atoms with Crippen molar-refractivity contribution in [1.29, 1.82) is 0 Å². The summed E-state index contributed by atoms with van der Waals surface area (Å²) in [4.78, 5) is 13.2. The molecule has 0 heterocycles. The molecular formula is C27H30BrClO3. The molecule has 170 valence electrons. The number of esters is 1. The summed E-state index contributed by atoms with van der Waals surface area (Å²) >= 11 is 9.96. The Balaban J connectivity index is 2.41. The Labute approximate surface area is 204 Å². The van der Waals surface area contributed by atoms with Gasteiger partial charge in [0.2, 0.25) is 0 Å². The summed E-state index contributed by atoms with van der Waals surface area (Å²) in [6, 6.07) is 15.8. The second-order valence-electron chi connectivity index (χ2n) is 9.56. The number of ether oxygens (including phenoxy) is 2. The lowest BCUT2D eigenvalue weighted by Crippen LogP contribution is -2.42. The SMILES string of the molecule is COC(=O)C(OC(C)(C)C(C)(C)C)c1c(C)c(Br)c2ccccc2c1-c1ccc(Cl)cc1. The largest absolute Gasteiger partial charge is 0.467 e. The first-order chi connectivity index (χ1) is 14.9. The van der Waals surface area contributed by atoms with Crippen LogP contribution >= 0.6 is 27.5 Å². The van der Waals surface area contributed by atoms with Crippen LogP contribution in [0.4, 0.5) is 0 Å². The van der Waals surface area contributed by atoms with Gasteiger partial charge in [0.15, 0.2) is 6.10 Å². The Morgan fingerprint density at radius 2 is 1.53 bits per heavy atom. The Morgan fingerprint density at radius 3 is 2.06 bits per heavy atom. The molecule has 0 saturated heterocycles. The fourth-order valence-corrected chi connectivity index (χ4v) is 4.29. The van der Waals surface area contributed by atoms with Crippen molar-refractivity contribution in [2.75, 3.05) is 7.11 Å². The number of hydrogen-bond acceptors (Lipinski definition) is 3. The van der Waals surface area contributed by atoms with Gasteiger partial charge in [-0.3, -0.25) is 0 Å². The van der Waals surface area contributed by atoms with Crippen LogP contribution in [-0.4, -0.2) is 18.7 Å². The minimum absolute atomic E-state index is 0.207. The van der Waals surface area contributed by atoms with Crippen LogP contribution in [0, 0.1) is 12.3 Å². The highest BCUT2D eigenvalue weighted by molar-refractivity contribution is 9.10. The number of rotatable bonds is 5. The highest BCUT2D eigenvalue weighted by Crippen LogP contribution is 2.46. The lowest BCUT2D eigenvalue weighted by molar-refractivity contribution is -0.178. The first-order valence-corrected chi connectivity index (χ1v) is 11.8. The number of carbonyl (C=O) groups is 1. The van der Waals surface area contributed by atoms with Crippen molar-refractivity contribution in [3.63, 3.8) is 0 Å². The highest BCUT2D eigenvalue weighted by Gasteiger charge is 2.40. The van der Waals surface area contributed by atoms with Crippen molar-refractivity contribution in [1.82, 2.24) is 0 Å². The molecule has 32 heavy (non-hydrogen) atoms. The molecule has 0 aromatic heterocycles. The van der Waals surface area contributed by atoms with Gasteiger partial charge in [-0.05, 0) is 81.7 Å². The van der Waals surface area contributed by atoms with Gasteiger partial charge in [0, 0.05) is 15.1 Å². The van der Waals surface area contributed by atoms with Gasteiger partial charge in [-0.2, -0.15) is 0 Å². The monoisotopic (exact) mass is 516 g/mol. The quantitative estimate of drug-likeness (QED) is 0.319. The van der Waals surface area contributed by atoms with Crippen LogP contribution in [-0.2, 0) is 14.3 Å². The van der Waals surface area contributed by atoms with Crippen LogP contribution in [0.15, 0.2) is 53.0 Å². The maximum absolute atomic E-state index is 13.2. The molecule has 0 amide bonds. The van der Waals surface area contributed by atoms with Crippen molar-refractivity contribution < 1.29 is 14.3 Å². The van der Waals surface area contributed by atoms with Crippen LogP contribution in [0.5, 0.6) is 0 Å². The summed E-state index contributed by atoms with van der Waals surface area (Å²) in [6.07, 6.45) is -0.902. The van der Waals surface area contributed by atoms with Gasteiger partial charge in [0.25, 0.3) is 0 Å². The molecule has 0 N–H and O–H groups in total. The topological polar surface area (TPSA) is 35.5 Å². The van der Waals surface area contributed by atoms with E-state index < -0.39 is 17.7 Å². The second-order valence-corrected chi connectivity index (χ2v) is 10.8. The van der Waals surface area contributed by atoms with E-state index in [-0.39, 0.29) is 5.41 Å². The predicted molar refractivity (Wildman–Crippen MR) is 136 cm³/mol. The molecular weight excluding hydrogens is 488 g/mol. The molecule has 0 aliphatic carbocycles. The third-order valence-corrected chi connectivity index (χ3v) is 7.74. The Bertz CT molecular complexity index is 1140. The molecule has 0 radical (unpaired) electrons. The van der Waals surface area contributed by atoms with Crippen molar-refractivity contribution in [2.45, 2.75) is 53.2 Å².